The molecule has 0 amide bonds. The second-order valence-corrected chi connectivity index (χ2v) is 4.50. The predicted octanol–water partition coefficient (Wildman–Crippen LogP) is -0.371. The molecule has 2 aliphatic rings. The zero-order valence-electron chi connectivity index (χ0n) is 9.79. The lowest BCUT2D eigenvalue weighted by atomic mass is 9.86. The van der Waals surface area contributed by atoms with Crippen LogP contribution in [0.4, 0.5) is 0 Å². The molecule has 96 valence electrons. The van der Waals surface area contributed by atoms with Crippen LogP contribution in [0.15, 0.2) is 0 Å². The SMILES string of the molecule is CC(=O)OC[C@H]1C[C@H]2O[C@@H]1[C@H](O)[C@H]2OC(C)=O. The zero-order chi connectivity index (χ0) is 12.6. The van der Waals surface area contributed by atoms with Crippen molar-refractivity contribution in [3.05, 3.63) is 0 Å². The predicted molar refractivity (Wildman–Crippen MR) is 55.0 cm³/mol. The molecule has 0 aromatic rings. The number of carbonyl (C=O) groups excluding carboxylic acids is 2. The van der Waals surface area contributed by atoms with E-state index in [4.69, 9.17) is 14.2 Å². The molecular formula is C11H16O6. The summed E-state index contributed by atoms with van der Waals surface area (Å²) in [5, 5.41) is 9.92. The van der Waals surface area contributed by atoms with E-state index in [1.165, 1.54) is 13.8 Å². The number of ether oxygens (including phenoxy) is 3. The Hall–Kier alpha value is -1.14. The largest absolute Gasteiger partial charge is 0.465 e. The van der Waals surface area contributed by atoms with Gasteiger partial charge in [-0.2, -0.15) is 0 Å². The van der Waals surface area contributed by atoms with Gasteiger partial charge >= 0.3 is 11.9 Å². The molecular weight excluding hydrogens is 228 g/mol. The fraction of sp³-hybridized carbons (Fsp3) is 0.818. The Morgan fingerprint density at radius 3 is 2.59 bits per heavy atom. The molecule has 2 rings (SSSR count). The Morgan fingerprint density at radius 2 is 2.06 bits per heavy atom. The Balaban J connectivity index is 1.91. The van der Waals surface area contributed by atoms with Gasteiger partial charge in [-0.15, -0.1) is 0 Å². The first-order chi connectivity index (χ1) is 7.99. The number of fused-ring (bicyclic) bond motifs is 2. The topological polar surface area (TPSA) is 82.1 Å². The van der Waals surface area contributed by atoms with Crippen molar-refractivity contribution in [3.63, 3.8) is 0 Å². The van der Waals surface area contributed by atoms with E-state index in [1.807, 2.05) is 0 Å². The van der Waals surface area contributed by atoms with Gasteiger partial charge in [-0.1, -0.05) is 0 Å². The van der Waals surface area contributed by atoms with Gasteiger partial charge in [-0.25, -0.2) is 0 Å². The molecule has 6 nitrogen and oxygen atoms in total. The first-order valence-electron chi connectivity index (χ1n) is 5.63. The van der Waals surface area contributed by atoms with Crippen molar-refractivity contribution in [3.8, 4) is 0 Å². The maximum absolute atomic E-state index is 10.9. The summed E-state index contributed by atoms with van der Waals surface area (Å²) in [5.74, 6) is -0.800. The summed E-state index contributed by atoms with van der Waals surface area (Å²) in [6.45, 7) is 2.88. The summed E-state index contributed by atoms with van der Waals surface area (Å²) in [6, 6.07) is 0. The molecule has 0 saturated carbocycles. The van der Waals surface area contributed by atoms with Crippen LogP contribution < -0.4 is 0 Å². The molecule has 0 spiro atoms. The average molecular weight is 244 g/mol. The quantitative estimate of drug-likeness (QED) is 0.682. The number of hydrogen-bond donors (Lipinski definition) is 1. The van der Waals surface area contributed by atoms with E-state index in [0.717, 1.165) is 0 Å². The van der Waals surface area contributed by atoms with Crippen molar-refractivity contribution < 1.29 is 28.9 Å². The minimum atomic E-state index is -0.835. The van der Waals surface area contributed by atoms with Gasteiger partial charge in [0.1, 0.15) is 6.10 Å². The molecule has 17 heavy (non-hydrogen) atoms. The van der Waals surface area contributed by atoms with Crippen LogP contribution in [0.2, 0.25) is 0 Å². The van der Waals surface area contributed by atoms with Crippen molar-refractivity contribution in [1.29, 1.82) is 0 Å². The molecule has 2 saturated heterocycles. The highest BCUT2D eigenvalue weighted by atomic mass is 16.6. The van der Waals surface area contributed by atoms with E-state index in [1.54, 1.807) is 0 Å². The molecule has 2 bridgehead atoms. The first-order valence-corrected chi connectivity index (χ1v) is 5.63. The fourth-order valence-corrected chi connectivity index (χ4v) is 2.50. The Bertz CT molecular complexity index is 324. The van der Waals surface area contributed by atoms with Gasteiger partial charge in [0.15, 0.2) is 6.10 Å². The Labute approximate surface area is 98.8 Å². The molecule has 0 aromatic carbocycles. The average Bonchev–Trinajstić information content (AvgIpc) is 2.75. The van der Waals surface area contributed by atoms with Crippen molar-refractivity contribution in [2.24, 2.45) is 5.92 Å². The number of carbonyl (C=O) groups is 2. The molecule has 5 atom stereocenters. The second-order valence-electron chi connectivity index (χ2n) is 4.50. The van der Waals surface area contributed by atoms with Gasteiger partial charge in [-0.05, 0) is 6.42 Å². The van der Waals surface area contributed by atoms with Gasteiger partial charge in [0.05, 0.1) is 18.8 Å². The lowest BCUT2D eigenvalue weighted by Crippen LogP contribution is -2.45. The van der Waals surface area contributed by atoms with Gasteiger partial charge in [0, 0.05) is 19.8 Å². The van der Waals surface area contributed by atoms with Gasteiger partial charge < -0.3 is 19.3 Å². The minimum Gasteiger partial charge on any atom is -0.465 e. The molecule has 2 fully saturated rings. The summed E-state index contributed by atoms with van der Waals surface area (Å²) in [4.78, 5) is 21.6. The lowest BCUT2D eigenvalue weighted by molar-refractivity contribution is -0.154. The third-order valence-corrected chi connectivity index (χ3v) is 3.17. The zero-order valence-corrected chi connectivity index (χ0v) is 9.79. The Kier molecular flexibility index (Phi) is 3.35. The van der Waals surface area contributed by atoms with Crippen molar-refractivity contribution in [2.45, 2.75) is 44.7 Å². The third-order valence-electron chi connectivity index (χ3n) is 3.17. The summed E-state index contributed by atoms with van der Waals surface area (Å²) in [5.41, 5.74) is 0. The van der Waals surface area contributed by atoms with Gasteiger partial charge in [-0.3, -0.25) is 9.59 Å². The standard InChI is InChI=1S/C11H16O6/c1-5(12)15-4-7-3-8-11(16-6(2)13)9(14)10(7)17-8/h7-11,14H,3-4H2,1-2H3/t7-,8-,9+,10+,11+/m1/s1. The van der Waals surface area contributed by atoms with Crippen LogP contribution in [0.3, 0.4) is 0 Å². The number of hydrogen-bond acceptors (Lipinski definition) is 6. The van der Waals surface area contributed by atoms with E-state index in [9.17, 15) is 14.7 Å². The van der Waals surface area contributed by atoms with E-state index < -0.39 is 24.3 Å². The normalized spacial score (nSPS) is 39.1. The highest BCUT2D eigenvalue weighted by molar-refractivity contribution is 5.66. The molecule has 1 N–H and O–H groups in total. The van der Waals surface area contributed by atoms with Crippen LogP contribution in [-0.2, 0) is 23.8 Å². The van der Waals surface area contributed by atoms with Crippen LogP contribution in [0.1, 0.15) is 20.3 Å². The van der Waals surface area contributed by atoms with E-state index in [0.29, 0.717) is 6.42 Å². The monoisotopic (exact) mass is 244 g/mol. The molecule has 6 heteroatoms. The molecule has 2 heterocycles. The van der Waals surface area contributed by atoms with E-state index in [2.05, 4.69) is 0 Å². The highest BCUT2D eigenvalue weighted by Crippen LogP contribution is 2.40. The maximum atomic E-state index is 10.9. The molecule has 2 aliphatic heterocycles. The van der Waals surface area contributed by atoms with Crippen molar-refractivity contribution in [2.75, 3.05) is 6.61 Å². The smallest absolute Gasteiger partial charge is 0.303 e. The van der Waals surface area contributed by atoms with Gasteiger partial charge in [0.2, 0.25) is 0 Å². The van der Waals surface area contributed by atoms with Crippen LogP contribution in [-0.4, -0.2) is 48.1 Å². The Morgan fingerprint density at radius 1 is 1.35 bits per heavy atom. The van der Waals surface area contributed by atoms with E-state index in [-0.39, 0.29) is 24.6 Å². The third kappa shape index (κ3) is 2.42. The number of esters is 2. The fourth-order valence-electron chi connectivity index (χ4n) is 2.50. The maximum Gasteiger partial charge on any atom is 0.303 e. The molecule has 0 aliphatic carbocycles. The van der Waals surface area contributed by atoms with E-state index >= 15 is 0 Å². The minimum absolute atomic E-state index is 0.0225. The number of rotatable bonds is 3. The van der Waals surface area contributed by atoms with Crippen LogP contribution in [0.5, 0.6) is 0 Å². The molecule has 0 unspecified atom stereocenters. The number of aliphatic hydroxyl groups excluding tert-OH is 1. The summed E-state index contributed by atoms with van der Waals surface area (Å²) < 4.78 is 15.4. The molecule has 0 aromatic heterocycles. The van der Waals surface area contributed by atoms with Crippen LogP contribution >= 0.6 is 0 Å². The van der Waals surface area contributed by atoms with Gasteiger partial charge in [0.25, 0.3) is 0 Å². The highest BCUT2D eigenvalue weighted by Gasteiger charge is 2.55. The summed E-state index contributed by atoms with van der Waals surface area (Å²) in [7, 11) is 0. The summed E-state index contributed by atoms with van der Waals surface area (Å²) in [6.07, 6.45) is -1.50. The second kappa shape index (κ2) is 4.62. The lowest BCUT2D eigenvalue weighted by Gasteiger charge is -2.28. The summed E-state index contributed by atoms with van der Waals surface area (Å²) >= 11 is 0. The van der Waals surface area contributed by atoms with Crippen LogP contribution in [0.25, 0.3) is 0 Å². The van der Waals surface area contributed by atoms with Crippen molar-refractivity contribution in [1.82, 2.24) is 0 Å². The number of aliphatic hydroxyl groups is 1. The van der Waals surface area contributed by atoms with Crippen molar-refractivity contribution >= 4 is 11.9 Å². The first kappa shape index (κ1) is 12.3. The molecule has 0 radical (unpaired) electrons. The van der Waals surface area contributed by atoms with Crippen LogP contribution in [0, 0.1) is 5.92 Å².